The number of rotatable bonds is 5. The van der Waals surface area contributed by atoms with Crippen LogP contribution in [-0.4, -0.2) is 40.4 Å². The quantitative estimate of drug-likeness (QED) is 0.384. The Labute approximate surface area is 200 Å². The Kier molecular flexibility index (Phi) is 5.35. The maximum Gasteiger partial charge on any atom is 0.234 e. The average Bonchev–Trinajstić information content (AvgIpc) is 3.32. The zero-order chi connectivity index (χ0) is 23.8. The van der Waals surface area contributed by atoms with Gasteiger partial charge in [0, 0.05) is 48.2 Å². The van der Waals surface area contributed by atoms with Gasteiger partial charge >= 0.3 is 0 Å². The normalized spacial score (nSPS) is 14.4. The van der Waals surface area contributed by atoms with Gasteiger partial charge in [0.1, 0.15) is 11.3 Å². The number of fused-ring (bicyclic) bond motifs is 2. The van der Waals surface area contributed by atoms with Gasteiger partial charge in [-0.3, -0.25) is 14.7 Å². The van der Waals surface area contributed by atoms with E-state index in [-0.39, 0.29) is 11.7 Å². The van der Waals surface area contributed by atoms with Crippen LogP contribution in [0.3, 0.4) is 0 Å². The first-order valence-corrected chi connectivity index (χ1v) is 11.4. The number of hydrogen-bond acceptors (Lipinski definition) is 6. The van der Waals surface area contributed by atoms with E-state index >= 15 is 4.39 Å². The van der Waals surface area contributed by atoms with Crippen LogP contribution in [0.25, 0.3) is 33.1 Å². The highest BCUT2D eigenvalue weighted by Crippen LogP contribution is 2.32. The summed E-state index contributed by atoms with van der Waals surface area (Å²) in [5.41, 5.74) is 6.15. The molecule has 0 unspecified atom stereocenters. The molecule has 2 aromatic heterocycles. The van der Waals surface area contributed by atoms with E-state index in [0.29, 0.717) is 25.2 Å². The van der Waals surface area contributed by atoms with E-state index in [4.69, 9.17) is 4.42 Å². The minimum Gasteiger partial charge on any atom is -0.443 e. The topological polar surface area (TPSA) is 83.3 Å². The Hall–Kier alpha value is -4.30. The van der Waals surface area contributed by atoms with Gasteiger partial charge in [0.2, 0.25) is 5.91 Å². The number of aromatic nitrogens is 2. The summed E-state index contributed by atoms with van der Waals surface area (Å²) in [7, 11) is 0. The van der Waals surface area contributed by atoms with Gasteiger partial charge in [-0.05, 0) is 53.6 Å². The summed E-state index contributed by atoms with van der Waals surface area (Å²) in [6.07, 6.45) is 3.17. The number of amides is 1. The largest absolute Gasteiger partial charge is 0.443 e. The number of piperazine rings is 1. The highest BCUT2D eigenvalue weighted by molar-refractivity contribution is 5.96. The minimum absolute atomic E-state index is 0.00322. The van der Waals surface area contributed by atoms with Crippen LogP contribution in [-0.2, 0) is 11.3 Å². The summed E-state index contributed by atoms with van der Waals surface area (Å²) < 4.78 is 20.5. The number of carbonyl (C=O) groups excluding carboxylic acids is 1. The van der Waals surface area contributed by atoms with Gasteiger partial charge in [-0.15, -0.1) is 0 Å². The fourth-order valence-electron chi connectivity index (χ4n) is 4.49. The van der Waals surface area contributed by atoms with Crippen molar-refractivity contribution in [1.29, 1.82) is 0 Å². The lowest BCUT2D eigenvalue weighted by Gasteiger charge is -2.26. The van der Waals surface area contributed by atoms with Gasteiger partial charge in [0.25, 0.3) is 0 Å². The molecule has 1 amide bonds. The molecule has 1 aliphatic heterocycles. The summed E-state index contributed by atoms with van der Waals surface area (Å²) in [4.78, 5) is 22.3. The molecule has 1 fully saturated rings. The van der Waals surface area contributed by atoms with Crippen LogP contribution >= 0.6 is 0 Å². The van der Waals surface area contributed by atoms with Crippen LogP contribution < -0.4 is 10.6 Å². The third-order valence-corrected chi connectivity index (χ3v) is 6.22. The molecule has 8 heteroatoms. The van der Waals surface area contributed by atoms with Gasteiger partial charge in [-0.2, -0.15) is 0 Å². The number of carbonyl (C=O) groups is 1. The lowest BCUT2D eigenvalue weighted by molar-refractivity contribution is -0.124. The maximum atomic E-state index is 15.2. The first-order chi connectivity index (χ1) is 17.1. The second kappa shape index (κ2) is 8.81. The molecular formula is C27H22FN5O2. The minimum atomic E-state index is -0.293. The molecule has 2 N–H and O–H groups in total. The van der Waals surface area contributed by atoms with Gasteiger partial charge in [-0.25, -0.2) is 9.37 Å². The summed E-state index contributed by atoms with van der Waals surface area (Å²) in [5, 5.41) is 7.12. The van der Waals surface area contributed by atoms with Crippen molar-refractivity contribution in [3.05, 3.63) is 84.6 Å². The van der Waals surface area contributed by atoms with E-state index in [1.807, 2.05) is 53.4 Å². The van der Waals surface area contributed by atoms with Crippen LogP contribution in [0, 0.1) is 5.82 Å². The van der Waals surface area contributed by atoms with E-state index < -0.39 is 0 Å². The maximum absolute atomic E-state index is 15.2. The van der Waals surface area contributed by atoms with Gasteiger partial charge in [-0.1, -0.05) is 18.2 Å². The number of benzene rings is 3. The van der Waals surface area contributed by atoms with E-state index in [2.05, 4.69) is 20.6 Å². The van der Waals surface area contributed by atoms with Crippen LogP contribution in [0.15, 0.2) is 77.7 Å². The van der Waals surface area contributed by atoms with E-state index in [1.165, 1.54) is 6.39 Å². The molecular weight excluding hydrogens is 445 g/mol. The second-order valence-electron chi connectivity index (χ2n) is 8.63. The zero-order valence-corrected chi connectivity index (χ0v) is 18.8. The number of anilines is 2. The summed E-state index contributed by atoms with van der Waals surface area (Å²) in [6, 6.07) is 18.6. The number of hydrogen-bond donors (Lipinski definition) is 2. The van der Waals surface area contributed by atoms with Crippen molar-refractivity contribution in [2.24, 2.45) is 0 Å². The lowest BCUT2D eigenvalue weighted by atomic mass is 10.0. The highest BCUT2D eigenvalue weighted by Gasteiger charge is 2.17. The Morgan fingerprint density at radius 1 is 1.03 bits per heavy atom. The summed E-state index contributed by atoms with van der Waals surface area (Å²) in [6.45, 7) is 2.25. The smallest absolute Gasteiger partial charge is 0.234 e. The Morgan fingerprint density at radius 2 is 1.97 bits per heavy atom. The van der Waals surface area contributed by atoms with Crippen molar-refractivity contribution in [1.82, 2.24) is 20.2 Å². The Balaban J connectivity index is 1.30. The predicted molar refractivity (Wildman–Crippen MR) is 133 cm³/mol. The molecule has 5 aromatic rings. The van der Waals surface area contributed by atoms with Crippen molar-refractivity contribution in [3.8, 4) is 11.1 Å². The van der Waals surface area contributed by atoms with E-state index in [0.717, 1.165) is 51.0 Å². The first kappa shape index (κ1) is 21.2. The molecule has 174 valence electrons. The van der Waals surface area contributed by atoms with Gasteiger partial charge in [0.05, 0.1) is 12.1 Å². The molecule has 0 saturated carbocycles. The van der Waals surface area contributed by atoms with Gasteiger partial charge < -0.3 is 15.1 Å². The van der Waals surface area contributed by atoms with Crippen molar-refractivity contribution < 1.29 is 13.6 Å². The number of nitrogens with one attached hydrogen (secondary N) is 2. The molecule has 0 spiro atoms. The zero-order valence-electron chi connectivity index (χ0n) is 18.8. The summed E-state index contributed by atoms with van der Waals surface area (Å²) in [5.74, 6) is -0.290. The second-order valence-corrected chi connectivity index (χ2v) is 8.63. The van der Waals surface area contributed by atoms with Crippen molar-refractivity contribution in [2.75, 3.05) is 25.0 Å². The Morgan fingerprint density at radius 3 is 2.86 bits per heavy atom. The number of pyridine rings is 1. The lowest BCUT2D eigenvalue weighted by Crippen LogP contribution is -2.47. The van der Waals surface area contributed by atoms with E-state index in [9.17, 15) is 4.79 Å². The first-order valence-electron chi connectivity index (χ1n) is 11.4. The number of oxazole rings is 1. The molecule has 1 saturated heterocycles. The fourth-order valence-corrected chi connectivity index (χ4v) is 4.49. The number of halogens is 1. The van der Waals surface area contributed by atoms with Crippen LogP contribution in [0.5, 0.6) is 0 Å². The molecule has 0 aliphatic carbocycles. The van der Waals surface area contributed by atoms with Crippen molar-refractivity contribution in [3.63, 3.8) is 0 Å². The molecule has 0 bridgehead atoms. The third-order valence-electron chi connectivity index (χ3n) is 6.22. The molecule has 0 radical (unpaired) electrons. The van der Waals surface area contributed by atoms with Crippen LogP contribution in [0.2, 0.25) is 0 Å². The molecule has 6 rings (SSSR count). The molecule has 7 nitrogen and oxygen atoms in total. The van der Waals surface area contributed by atoms with Crippen molar-refractivity contribution >= 4 is 39.3 Å². The van der Waals surface area contributed by atoms with Gasteiger partial charge in [0.15, 0.2) is 12.0 Å². The molecule has 3 heterocycles. The highest BCUT2D eigenvalue weighted by atomic mass is 19.1. The standard InChI is InChI=1S/C27H22FN5O2/c28-22-11-17(14-33-10-9-30-27(34)15-33)1-4-20(22)18-2-5-23-21(12-18)24(7-8-29-23)32-19-3-6-26-25(13-19)31-16-35-26/h1-8,11-13,16H,9-10,14-15H2,(H,29,32)(H,30,34). The average molecular weight is 468 g/mol. The van der Waals surface area contributed by atoms with E-state index in [1.54, 1.807) is 18.3 Å². The fraction of sp³-hybridized carbons (Fsp3) is 0.148. The Bertz CT molecular complexity index is 1560. The monoisotopic (exact) mass is 467 g/mol. The third kappa shape index (κ3) is 4.31. The van der Waals surface area contributed by atoms with Crippen molar-refractivity contribution in [2.45, 2.75) is 6.54 Å². The number of nitrogens with zero attached hydrogens (tertiary/aromatic N) is 3. The summed E-state index contributed by atoms with van der Waals surface area (Å²) >= 11 is 0. The SMILES string of the molecule is O=C1CN(Cc2ccc(-c3ccc4nccc(Nc5ccc6ocnc6c5)c4c3)c(F)c2)CCN1. The molecule has 0 atom stereocenters. The predicted octanol–water partition coefficient (Wildman–Crippen LogP) is 4.86. The van der Waals surface area contributed by atoms with Crippen LogP contribution in [0.4, 0.5) is 15.8 Å². The molecule has 35 heavy (non-hydrogen) atoms. The van der Waals surface area contributed by atoms with Crippen LogP contribution in [0.1, 0.15) is 5.56 Å². The molecule has 1 aliphatic rings. The molecule has 3 aromatic carbocycles.